The van der Waals surface area contributed by atoms with Crippen LogP contribution < -0.4 is 4.90 Å². The summed E-state index contributed by atoms with van der Waals surface area (Å²) in [5.74, 6) is -0.244. The minimum absolute atomic E-state index is 0.142. The number of hydrogen-bond donors (Lipinski definition) is 1. The van der Waals surface area contributed by atoms with Gasteiger partial charge in [0.15, 0.2) is 0 Å². The number of unbranched alkanes of at least 4 members (excludes halogenated alkanes) is 1. The van der Waals surface area contributed by atoms with Gasteiger partial charge in [0.2, 0.25) is 0 Å². The first-order valence-corrected chi connectivity index (χ1v) is 8.40. The average molecular weight is 303 g/mol. The number of carbonyl (C=O) groups is 1. The zero-order valence-electron chi connectivity index (χ0n) is 14.5. The second-order valence-electron chi connectivity index (χ2n) is 7.35. The lowest BCUT2D eigenvalue weighted by Gasteiger charge is -2.50. The molecule has 0 radical (unpaired) electrons. The van der Waals surface area contributed by atoms with Crippen molar-refractivity contribution in [3.05, 3.63) is 29.3 Å². The molecular formula is C19H29NO2. The third-order valence-electron chi connectivity index (χ3n) is 4.86. The van der Waals surface area contributed by atoms with E-state index in [-0.39, 0.29) is 5.54 Å². The Morgan fingerprint density at radius 3 is 2.73 bits per heavy atom. The highest BCUT2D eigenvalue weighted by Gasteiger charge is 2.42. The Morgan fingerprint density at radius 1 is 1.45 bits per heavy atom. The Morgan fingerprint density at radius 2 is 2.14 bits per heavy atom. The van der Waals surface area contributed by atoms with Gasteiger partial charge >= 0.3 is 5.97 Å². The third-order valence-corrected chi connectivity index (χ3v) is 4.86. The number of benzene rings is 1. The van der Waals surface area contributed by atoms with E-state index in [1.54, 1.807) is 0 Å². The molecule has 3 nitrogen and oxygen atoms in total. The van der Waals surface area contributed by atoms with Crippen molar-refractivity contribution >= 4 is 11.7 Å². The topological polar surface area (TPSA) is 40.5 Å². The summed E-state index contributed by atoms with van der Waals surface area (Å²) in [4.78, 5) is 14.1. The largest absolute Gasteiger partial charge is 0.480 e. The van der Waals surface area contributed by atoms with Crippen LogP contribution in [-0.2, 0) is 4.79 Å². The molecule has 0 aliphatic carbocycles. The van der Waals surface area contributed by atoms with Crippen LogP contribution in [0.15, 0.2) is 18.2 Å². The minimum Gasteiger partial charge on any atom is -0.480 e. The van der Waals surface area contributed by atoms with Crippen molar-refractivity contribution < 1.29 is 9.90 Å². The first-order chi connectivity index (χ1) is 10.3. The molecule has 1 aromatic carbocycles. The summed E-state index contributed by atoms with van der Waals surface area (Å²) in [6.45, 7) is 10.8. The predicted molar refractivity (Wildman–Crippen MR) is 91.7 cm³/mol. The Kier molecular flexibility index (Phi) is 4.84. The van der Waals surface area contributed by atoms with Gasteiger partial charge < -0.3 is 10.0 Å². The molecule has 1 N–H and O–H groups in total. The maximum atomic E-state index is 11.9. The molecule has 0 bridgehead atoms. The van der Waals surface area contributed by atoms with Gasteiger partial charge in [-0.15, -0.1) is 0 Å². The number of aliphatic carboxylic acids is 1. The van der Waals surface area contributed by atoms with E-state index in [0.29, 0.717) is 12.3 Å². The lowest BCUT2D eigenvalue weighted by molar-refractivity contribution is -0.139. The van der Waals surface area contributed by atoms with Gasteiger partial charge in [0.05, 0.1) is 0 Å². The van der Waals surface area contributed by atoms with Crippen LogP contribution in [0.2, 0.25) is 0 Å². The highest BCUT2D eigenvalue weighted by Crippen LogP contribution is 2.45. The Hall–Kier alpha value is -1.51. The summed E-state index contributed by atoms with van der Waals surface area (Å²) < 4.78 is 0. The molecule has 2 rings (SSSR count). The van der Waals surface area contributed by atoms with Gasteiger partial charge in [-0.25, -0.2) is 4.79 Å². The number of rotatable bonds is 5. The van der Waals surface area contributed by atoms with E-state index in [1.165, 1.54) is 11.1 Å². The molecule has 122 valence electrons. The van der Waals surface area contributed by atoms with E-state index < -0.39 is 12.0 Å². The molecule has 0 amide bonds. The number of anilines is 1. The molecule has 1 aromatic rings. The van der Waals surface area contributed by atoms with Crippen LogP contribution in [0.25, 0.3) is 0 Å². The number of carboxylic acids is 1. The monoisotopic (exact) mass is 303 g/mol. The molecule has 1 heterocycles. The highest BCUT2D eigenvalue weighted by molar-refractivity contribution is 5.80. The zero-order valence-corrected chi connectivity index (χ0v) is 14.5. The predicted octanol–water partition coefficient (Wildman–Crippen LogP) is 4.73. The van der Waals surface area contributed by atoms with Crippen molar-refractivity contribution in [1.29, 1.82) is 0 Å². The van der Waals surface area contributed by atoms with Crippen molar-refractivity contribution in [2.45, 2.75) is 77.8 Å². The van der Waals surface area contributed by atoms with Crippen molar-refractivity contribution in [3.8, 4) is 0 Å². The highest BCUT2D eigenvalue weighted by atomic mass is 16.4. The summed E-state index contributed by atoms with van der Waals surface area (Å²) in [5, 5.41) is 9.80. The number of fused-ring (bicyclic) bond motifs is 1. The van der Waals surface area contributed by atoms with Crippen LogP contribution in [0, 0.1) is 6.92 Å². The standard InChI is InChI=1S/C19H29NO2/c1-6-7-8-16(18(21)22)20-17-11-13(2)9-10-15(17)14(3)12-19(20,4)5/h9-11,14,16H,6-8,12H2,1-5H3,(H,21,22)/t14-,16-/m1/s1. The maximum Gasteiger partial charge on any atom is 0.326 e. The molecule has 0 fully saturated rings. The fourth-order valence-electron chi connectivity index (χ4n) is 3.91. The van der Waals surface area contributed by atoms with Crippen LogP contribution >= 0.6 is 0 Å². The molecule has 0 saturated heterocycles. The molecule has 0 aromatic heterocycles. The lowest BCUT2D eigenvalue weighted by atomic mass is 9.78. The van der Waals surface area contributed by atoms with Gasteiger partial charge in [0.25, 0.3) is 0 Å². The minimum atomic E-state index is -0.705. The summed E-state index contributed by atoms with van der Waals surface area (Å²) in [7, 11) is 0. The van der Waals surface area contributed by atoms with Crippen LogP contribution in [-0.4, -0.2) is 22.7 Å². The Bertz CT molecular complexity index is 550. The zero-order chi connectivity index (χ0) is 16.5. The molecule has 1 aliphatic rings. The quantitative estimate of drug-likeness (QED) is 0.854. The second kappa shape index (κ2) is 6.31. The van der Waals surface area contributed by atoms with Crippen molar-refractivity contribution in [1.82, 2.24) is 0 Å². The molecular weight excluding hydrogens is 274 g/mol. The molecule has 1 aliphatic heterocycles. The number of aryl methyl sites for hydroxylation is 1. The fraction of sp³-hybridized carbons (Fsp3) is 0.632. The van der Waals surface area contributed by atoms with Crippen LogP contribution in [0.4, 0.5) is 5.69 Å². The van der Waals surface area contributed by atoms with E-state index in [9.17, 15) is 9.90 Å². The summed E-state index contributed by atoms with van der Waals surface area (Å²) in [6, 6.07) is 6.03. The van der Waals surface area contributed by atoms with Crippen molar-refractivity contribution in [3.63, 3.8) is 0 Å². The second-order valence-corrected chi connectivity index (χ2v) is 7.35. The van der Waals surface area contributed by atoms with Crippen molar-refractivity contribution in [2.75, 3.05) is 4.90 Å². The van der Waals surface area contributed by atoms with Gasteiger partial charge in [0, 0.05) is 11.2 Å². The maximum absolute atomic E-state index is 11.9. The molecule has 0 spiro atoms. The van der Waals surface area contributed by atoms with Crippen LogP contribution in [0.3, 0.4) is 0 Å². The van der Waals surface area contributed by atoms with Crippen LogP contribution in [0.5, 0.6) is 0 Å². The first kappa shape index (κ1) is 16.9. The SMILES string of the molecule is CCCC[C@H](C(=O)O)N1c2cc(C)ccc2[C@H](C)CC1(C)C. The summed E-state index contributed by atoms with van der Waals surface area (Å²) in [5.41, 5.74) is 3.45. The van der Waals surface area contributed by atoms with Crippen LogP contribution in [0.1, 0.15) is 70.4 Å². The first-order valence-electron chi connectivity index (χ1n) is 8.40. The van der Waals surface area contributed by atoms with Gasteiger partial charge in [0.1, 0.15) is 6.04 Å². The number of nitrogens with zero attached hydrogens (tertiary/aromatic N) is 1. The normalized spacial score (nSPS) is 21.3. The average Bonchev–Trinajstić information content (AvgIpc) is 2.40. The van der Waals surface area contributed by atoms with E-state index in [1.807, 2.05) is 0 Å². The van der Waals surface area contributed by atoms with Gasteiger partial charge in [-0.05, 0) is 56.7 Å². The fourth-order valence-corrected chi connectivity index (χ4v) is 3.91. The Labute approximate surface area is 134 Å². The van der Waals surface area contributed by atoms with E-state index in [4.69, 9.17) is 0 Å². The van der Waals surface area contributed by atoms with E-state index >= 15 is 0 Å². The summed E-state index contributed by atoms with van der Waals surface area (Å²) >= 11 is 0. The van der Waals surface area contributed by atoms with E-state index in [2.05, 4.69) is 57.7 Å². The number of hydrogen-bond acceptors (Lipinski definition) is 2. The van der Waals surface area contributed by atoms with Gasteiger partial charge in [-0.2, -0.15) is 0 Å². The third kappa shape index (κ3) is 3.13. The molecule has 2 atom stereocenters. The van der Waals surface area contributed by atoms with E-state index in [0.717, 1.165) is 24.9 Å². The molecule has 0 saturated carbocycles. The summed E-state index contributed by atoms with van der Waals surface area (Å²) in [6.07, 6.45) is 3.66. The van der Waals surface area contributed by atoms with Gasteiger partial charge in [-0.3, -0.25) is 0 Å². The van der Waals surface area contributed by atoms with Crippen molar-refractivity contribution in [2.24, 2.45) is 0 Å². The smallest absolute Gasteiger partial charge is 0.326 e. The molecule has 3 heteroatoms. The Balaban J connectivity index is 2.53. The number of carboxylic acid groups (broad SMARTS) is 1. The lowest BCUT2D eigenvalue weighted by Crippen LogP contribution is -2.56. The molecule has 22 heavy (non-hydrogen) atoms. The molecule has 0 unspecified atom stereocenters. The van der Waals surface area contributed by atoms with Gasteiger partial charge in [-0.1, -0.05) is 38.8 Å².